The third kappa shape index (κ3) is 4.46. The molecule has 142 valence electrons. The molecule has 1 aromatic heterocycles. The molecule has 0 amide bonds. The SMILES string of the molecule is COc1ccc2cc(CNCC(C)C)c(N3CCCC(CO)C3)nc2c1. The Morgan fingerprint density at radius 2 is 2.19 bits per heavy atom. The standard InChI is InChI=1S/C21H31N3O2/c1-15(2)11-22-12-18-9-17-6-7-19(26-3)10-20(17)23-21(18)24-8-4-5-16(13-24)14-25/h6-7,9-10,15-16,22,25H,4-5,8,11-14H2,1-3H3. The Morgan fingerprint density at radius 3 is 2.92 bits per heavy atom. The lowest BCUT2D eigenvalue weighted by molar-refractivity contribution is 0.208. The Hall–Kier alpha value is -1.85. The van der Waals surface area contributed by atoms with Crippen molar-refractivity contribution in [3.8, 4) is 5.75 Å². The van der Waals surface area contributed by atoms with E-state index in [0.29, 0.717) is 11.8 Å². The molecule has 2 aromatic rings. The van der Waals surface area contributed by atoms with Crippen LogP contribution in [0.15, 0.2) is 24.3 Å². The number of nitrogens with zero attached hydrogens (tertiary/aromatic N) is 2. The van der Waals surface area contributed by atoms with Crippen LogP contribution in [0.2, 0.25) is 0 Å². The molecule has 0 radical (unpaired) electrons. The van der Waals surface area contributed by atoms with E-state index in [1.165, 1.54) is 5.56 Å². The molecule has 2 N–H and O–H groups in total. The number of ether oxygens (including phenoxy) is 1. The first-order chi connectivity index (χ1) is 12.6. The zero-order valence-electron chi connectivity index (χ0n) is 16.2. The van der Waals surface area contributed by atoms with E-state index in [4.69, 9.17) is 9.72 Å². The zero-order chi connectivity index (χ0) is 18.5. The maximum atomic E-state index is 9.59. The molecule has 1 atom stereocenters. The number of benzene rings is 1. The van der Waals surface area contributed by atoms with Gasteiger partial charge in [0, 0.05) is 43.3 Å². The molecule has 2 heterocycles. The number of fused-ring (bicyclic) bond motifs is 1. The van der Waals surface area contributed by atoms with Gasteiger partial charge in [-0.25, -0.2) is 4.98 Å². The van der Waals surface area contributed by atoms with Gasteiger partial charge < -0.3 is 20.1 Å². The molecule has 1 saturated heterocycles. The number of hydrogen-bond donors (Lipinski definition) is 2. The van der Waals surface area contributed by atoms with E-state index in [2.05, 4.69) is 36.2 Å². The molecule has 5 heteroatoms. The second-order valence-corrected chi connectivity index (χ2v) is 7.69. The summed E-state index contributed by atoms with van der Waals surface area (Å²) >= 11 is 0. The number of aromatic nitrogens is 1. The lowest BCUT2D eigenvalue weighted by Gasteiger charge is -2.34. The molecule has 1 aliphatic rings. The molecule has 3 rings (SSSR count). The molecule has 0 spiro atoms. The number of aliphatic hydroxyl groups is 1. The molecular formula is C21H31N3O2. The predicted octanol–water partition coefficient (Wildman–Crippen LogP) is 3.20. The number of piperidine rings is 1. The number of methoxy groups -OCH3 is 1. The maximum Gasteiger partial charge on any atom is 0.133 e. The van der Waals surface area contributed by atoms with Crippen molar-refractivity contribution in [2.24, 2.45) is 11.8 Å². The number of anilines is 1. The van der Waals surface area contributed by atoms with Gasteiger partial charge in [0.05, 0.1) is 12.6 Å². The largest absolute Gasteiger partial charge is 0.497 e. The summed E-state index contributed by atoms with van der Waals surface area (Å²) < 4.78 is 5.36. The highest BCUT2D eigenvalue weighted by atomic mass is 16.5. The average Bonchev–Trinajstić information content (AvgIpc) is 2.66. The summed E-state index contributed by atoms with van der Waals surface area (Å²) in [6.07, 6.45) is 2.19. The predicted molar refractivity (Wildman–Crippen MR) is 107 cm³/mol. The summed E-state index contributed by atoms with van der Waals surface area (Å²) in [7, 11) is 1.68. The van der Waals surface area contributed by atoms with Crippen molar-refractivity contribution in [2.45, 2.75) is 33.2 Å². The van der Waals surface area contributed by atoms with Gasteiger partial charge in [0.25, 0.3) is 0 Å². The summed E-state index contributed by atoms with van der Waals surface area (Å²) in [6, 6.07) is 8.30. The van der Waals surface area contributed by atoms with Crippen LogP contribution in [0, 0.1) is 11.8 Å². The van der Waals surface area contributed by atoms with E-state index >= 15 is 0 Å². The highest BCUT2D eigenvalue weighted by Crippen LogP contribution is 2.29. The summed E-state index contributed by atoms with van der Waals surface area (Å²) in [6.45, 7) is 8.35. The zero-order valence-corrected chi connectivity index (χ0v) is 16.2. The van der Waals surface area contributed by atoms with E-state index in [1.54, 1.807) is 7.11 Å². The van der Waals surface area contributed by atoms with Gasteiger partial charge in [0.1, 0.15) is 11.6 Å². The smallest absolute Gasteiger partial charge is 0.133 e. The normalized spacial score (nSPS) is 17.9. The Labute approximate surface area is 156 Å². The van der Waals surface area contributed by atoms with Gasteiger partial charge in [-0.05, 0) is 49.4 Å². The molecule has 0 saturated carbocycles. The number of rotatable bonds is 7. The van der Waals surface area contributed by atoms with Gasteiger partial charge >= 0.3 is 0 Å². The van der Waals surface area contributed by atoms with Crippen LogP contribution in [-0.4, -0.2) is 43.4 Å². The van der Waals surface area contributed by atoms with Gasteiger partial charge in [-0.1, -0.05) is 13.8 Å². The maximum absolute atomic E-state index is 9.59. The third-order valence-corrected chi connectivity index (χ3v) is 5.03. The quantitative estimate of drug-likeness (QED) is 0.797. The van der Waals surface area contributed by atoms with Crippen LogP contribution in [0.25, 0.3) is 10.9 Å². The fourth-order valence-electron chi connectivity index (χ4n) is 3.61. The van der Waals surface area contributed by atoms with Crippen molar-refractivity contribution in [1.82, 2.24) is 10.3 Å². The molecule has 26 heavy (non-hydrogen) atoms. The highest BCUT2D eigenvalue weighted by molar-refractivity contribution is 5.83. The van der Waals surface area contributed by atoms with E-state index < -0.39 is 0 Å². The van der Waals surface area contributed by atoms with E-state index in [9.17, 15) is 5.11 Å². The Kier molecular flexibility index (Phi) is 6.33. The average molecular weight is 357 g/mol. The number of pyridine rings is 1. The molecule has 0 bridgehead atoms. The van der Waals surface area contributed by atoms with Crippen LogP contribution in [0.5, 0.6) is 5.75 Å². The summed E-state index contributed by atoms with van der Waals surface area (Å²) in [5.41, 5.74) is 2.18. The second-order valence-electron chi connectivity index (χ2n) is 7.69. The second kappa shape index (κ2) is 8.69. The Bertz CT molecular complexity index is 733. The Morgan fingerprint density at radius 1 is 1.35 bits per heavy atom. The monoisotopic (exact) mass is 357 g/mol. The van der Waals surface area contributed by atoms with Crippen LogP contribution in [0.4, 0.5) is 5.82 Å². The molecule has 1 fully saturated rings. The van der Waals surface area contributed by atoms with Gasteiger partial charge in [-0.3, -0.25) is 0 Å². The number of aliphatic hydroxyl groups excluding tert-OH is 1. The van der Waals surface area contributed by atoms with Crippen molar-refractivity contribution in [3.05, 3.63) is 29.8 Å². The van der Waals surface area contributed by atoms with Crippen molar-refractivity contribution < 1.29 is 9.84 Å². The Balaban J connectivity index is 1.95. The van der Waals surface area contributed by atoms with Crippen molar-refractivity contribution in [2.75, 3.05) is 38.3 Å². The molecule has 5 nitrogen and oxygen atoms in total. The summed E-state index contributed by atoms with van der Waals surface area (Å²) in [5, 5.41) is 14.3. The summed E-state index contributed by atoms with van der Waals surface area (Å²) in [4.78, 5) is 7.34. The molecule has 1 aliphatic heterocycles. The first-order valence-corrected chi connectivity index (χ1v) is 9.65. The molecule has 1 unspecified atom stereocenters. The van der Waals surface area contributed by atoms with Crippen LogP contribution in [-0.2, 0) is 6.54 Å². The fraction of sp³-hybridized carbons (Fsp3) is 0.571. The minimum absolute atomic E-state index is 0.249. The molecule has 1 aromatic carbocycles. The van der Waals surface area contributed by atoms with E-state index in [1.807, 2.05) is 12.1 Å². The lowest BCUT2D eigenvalue weighted by Crippen LogP contribution is -2.38. The number of nitrogens with one attached hydrogen (secondary N) is 1. The van der Waals surface area contributed by atoms with E-state index in [0.717, 1.165) is 61.5 Å². The van der Waals surface area contributed by atoms with Gasteiger partial charge in [0.15, 0.2) is 0 Å². The van der Waals surface area contributed by atoms with Gasteiger partial charge in [-0.15, -0.1) is 0 Å². The van der Waals surface area contributed by atoms with Crippen molar-refractivity contribution >= 4 is 16.7 Å². The topological polar surface area (TPSA) is 57.6 Å². The molecular weight excluding hydrogens is 326 g/mol. The van der Waals surface area contributed by atoms with Crippen LogP contribution < -0.4 is 15.0 Å². The fourth-order valence-corrected chi connectivity index (χ4v) is 3.61. The van der Waals surface area contributed by atoms with E-state index in [-0.39, 0.29) is 6.61 Å². The summed E-state index contributed by atoms with van der Waals surface area (Å²) in [5.74, 6) is 2.82. The van der Waals surface area contributed by atoms with Crippen molar-refractivity contribution in [3.63, 3.8) is 0 Å². The first-order valence-electron chi connectivity index (χ1n) is 9.65. The highest BCUT2D eigenvalue weighted by Gasteiger charge is 2.22. The van der Waals surface area contributed by atoms with Gasteiger partial charge in [0.2, 0.25) is 0 Å². The minimum Gasteiger partial charge on any atom is -0.497 e. The first kappa shape index (κ1) is 18.9. The number of hydrogen-bond acceptors (Lipinski definition) is 5. The van der Waals surface area contributed by atoms with Crippen molar-refractivity contribution in [1.29, 1.82) is 0 Å². The molecule has 0 aliphatic carbocycles. The van der Waals surface area contributed by atoms with Crippen LogP contribution in [0.3, 0.4) is 0 Å². The van der Waals surface area contributed by atoms with Gasteiger partial charge in [-0.2, -0.15) is 0 Å². The van der Waals surface area contributed by atoms with Crippen LogP contribution >= 0.6 is 0 Å². The van der Waals surface area contributed by atoms with Crippen LogP contribution in [0.1, 0.15) is 32.3 Å². The third-order valence-electron chi connectivity index (χ3n) is 5.03. The minimum atomic E-state index is 0.249. The lowest BCUT2D eigenvalue weighted by atomic mass is 9.98.